The van der Waals surface area contributed by atoms with Crippen LogP contribution in [0.1, 0.15) is 46.3 Å². The number of hydrogen-bond donors (Lipinski definition) is 2. The fraction of sp³-hybridized carbons (Fsp3) is 0.355. The molecule has 2 amide bonds. The SMILES string of the molecule is COc1cccc(CCNC(=O)c2ccc3c(c2)OCCCCCNC(=O)CN(Cc2ccccc2)C3)c1. The zero-order valence-electron chi connectivity index (χ0n) is 22.1. The minimum Gasteiger partial charge on any atom is -0.497 e. The van der Waals surface area contributed by atoms with Gasteiger partial charge >= 0.3 is 0 Å². The number of carbonyl (C=O) groups is 2. The lowest BCUT2D eigenvalue weighted by atomic mass is 10.1. The molecule has 2 N–H and O–H groups in total. The topological polar surface area (TPSA) is 79.9 Å². The Labute approximate surface area is 225 Å². The van der Waals surface area contributed by atoms with Gasteiger partial charge in [0, 0.05) is 37.3 Å². The van der Waals surface area contributed by atoms with Crippen molar-refractivity contribution in [1.82, 2.24) is 15.5 Å². The molecule has 0 spiro atoms. The third-order valence-corrected chi connectivity index (χ3v) is 6.57. The van der Waals surface area contributed by atoms with E-state index >= 15 is 0 Å². The summed E-state index contributed by atoms with van der Waals surface area (Å²) in [6.45, 7) is 3.23. The van der Waals surface area contributed by atoms with Gasteiger partial charge in [0.2, 0.25) is 5.91 Å². The molecule has 0 bridgehead atoms. The van der Waals surface area contributed by atoms with Gasteiger partial charge in [-0.1, -0.05) is 48.5 Å². The quantitative estimate of drug-likeness (QED) is 0.489. The van der Waals surface area contributed by atoms with E-state index < -0.39 is 0 Å². The molecule has 1 aliphatic heterocycles. The lowest BCUT2D eigenvalue weighted by molar-refractivity contribution is -0.122. The summed E-state index contributed by atoms with van der Waals surface area (Å²) in [6, 6.07) is 23.6. The number of ether oxygens (including phenoxy) is 2. The molecular weight excluding hydrogens is 478 g/mol. The number of benzene rings is 3. The largest absolute Gasteiger partial charge is 0.497 e. The van der Waals surface area contributed by atoms with Crippen LogP contribution in [0.3, 0.4) is 0 Å². The minimum absolute atomic E-state index is 0.0229. The third-order valence-electron chi connectivity index (χ3n) is 6.57. The van der Waals surface area contributed by atoms with E-state index in [1.807, 2.05) is 60.7 Å². The fourth-order valence-corrected chi connectivity index (χ4v) is 4.53. The summed E-state index contributed by atoms with van der Waals surface area (Å²) >= 11 is 0. The van der Waals surface area contributed by atoms with E-state index in [1.54, 1.807) is 7.11 Å². The van der Waals surface area contributed by atoms with E-state index in [0.29, 0.717) is 57.1 Å². The second-order valence-corrected chi connectivity index (χ2v) is 9.57. The Morgan fingerprint density at radius 1 is 0.974 bits per heavy atom. The minimum atomic E-state index is -0.136. The number of methoxy groups -OCH3 is 1. The molecule has 0 fully saturated rings. The highest BCUT2D eigenvalue weighted by atomic mass is 16.5. The van der Waals surface area contributed by atoms with E-state index in [1.165, 1.54) is 0 Å². The summed E-state index contributed by atoms with van der Waals surface area (Å²) in [7, 11) is 1.65. The molecule has 3 aromatic rings. The van der Waals surface area contributed by atoms with Crippen LogP contribution in [0.25, 0.3) is 0 Å². The molecule has 0 aliphatic carbocycles. The maximum absolute atomic E-state index is 13.0. The smallest absolute Gasteiger partial charge is 0.251 e. The zero-order chi connectivity index (χ0) is 26.6. The van der Waals surface area contributed by atoms with Gasteiger partial charge < -0.3 is 20.1 Å². The molecular formula is C31H37N3O4. The van der Waals surface area contributed by atoms with Crippen LogP contribution in [0.15, 0.2) is 72.8 Å². The molecule has 200 valence electrons. The number of nitrogens with zero attached hydrogens (tertiary/aromatic N) is 1. The Kier molecular flexibility index (Phi) is 10.2. The summed E-state index contributed by atoms with van der Waals surface area (Å²) in [5.74, 6) is 1.39. The molecule has 38 heavy (non-hydrogen) atoms. The zero-order valence-corrected chi connectivity index (χ0v) is 22.1. The number of rotatable bonds is 7. The lowest BCUT2D eigenvalue weighted by Crippen LogP contribution is -2.37. The van der Waals surface area contributed by atoms with Crippen molar-refractivity contribution in [3.63, 3.8) is 0 Å². The summed E-state index contributed by atoms with van der Waals surface area (Å²) in [4.78, 5) is 27.7. The van der Waals surface area contributed by atoms with Crippen LogP contribution in [-0.2, 0) is 24.3 Å². The first-order valence-corrected chi connectivity index (χ1v) is 13.3. The average Bonchev–Trinajstić information content (AvgIpc) is 2.94. The van der Waals surface area contributed by atoms with E-state index in [-0.39, 0.29) is 11.8 Å². The van der Waals surface area contributed by atoms with Crippen LogP contribution in [-0.4, -0.2) is 50.1 Å². The van der Waals surface area contributed by atoms with E-state index in [9.17, 15) is 9.59 Å². The third kappa shape index (κ3) is 8.35. The highest BCUT2D eigenvalue weighted by molar-refractivity contribution is 5.94. The van der Waals surface area contributed by atoms with Crippen LogP contribution >= 0.6 is 0 Å². The van der Waals surface area contributed by atoms with E-state index in [4.69, 9.17) is 9.47 Å². The second-order valence-electron chi connectivity index (χ2n) is 9.57. The predicted molar refractivity (Wildman–Crippen MR) is 148 cm³/mol. The van der Waals surface area contributed by atoms with E-state index in [0.717, 1.165) is 41.7 Å². The van der Waals surface area contributed by atoms with Crippen molar-refractivity contribution in [3.8, 4) is 11.5 Å². The van der Waals surface area contributed by atoms with Gasteiger partial charge in [0.1, 0.15) is 11.5 Å². The molecule has 0 saturated heterocycles. The van der Waals surface area contributed by atoms with Gasteiger partial charge in [-0.2, -0.15) is 0 Å². The molecule has 0 radical (unpaired) electrons. The Morgan fingerprint density at radius 3 is 2.66 bits per heavy atom. The van der Waals surface area contributed by atoms with Gasteiger partial charge in [-0.3, -0.25) is 14.5 Å². The van der Waals surface area contributed by atoms with Crippen molar-refractivity contribution < 1.29 is 19.1 Å². The van der Waals surface area contributed by atoms with Crippen LogP contribution in [0, 0.1) is 0 Å². The predicted octanol–water partition coefficient (Wildman–Crippen LogP) is 4.35. The number of fused-ring (bicyclic) bond motifs is 1. The molecule has 0 atom stereocenters. The lowest BCUT2D eigenvalue weighted by Gasteiger charge is -2.23. The molecule has 0 saturated carbocycles. The molecule has 7 heteroatoms. The van der Waals surface area contributed by atoms with Gasteiger partial charge in [0.15, 0.2) is 0 Å². The summed E-state index contributed by atoms with van der Waals surface area (Å²) in [5.41, 5.74) is 3.76. The highest BCUT2D eigenvalue weighted by Crippen LogP contribution is 2.24. The normalized spacial score (nSPS) is 15.0. The monoisotopic (exact) mass is 515 g/mol. The van der Waals surface area contributed by atoms with Crippen molar-refractivity contribution in [2.75, 3.05) is 33.4 Å². The van der Waals surface area contributed by atoms with Gasteiger partial charge in [-0.05, 0) is 61.1 Å². The first kappa shape index (κ1) is 27.2. The average molecular weight is 516 g/mol. The van der Waals surface area contributed by atoms with Crippen molar-refractivity contribution in [2.24, 2.45) is 0 Å². The Morgan fingerprint density at radius 2 is 1.82 bits per heavy atom. The standard InChI is InChI=1S/C31H37N3O4/c1-37-28-12-8-11-24(19-28)15-17-33-31(36)26-13-14-27-22-34(21-25-9-4-2-5-10-25)23-30(35)32-16-6-3-7-18-38-29(27)20-26/h2,4-5,8-14,19-20H,3,6-7,15-18,21-23H2,1H3,(H,32,35)(H,33,36). The number of hydrogen-bond acceptors (Lipinski definition) is 5. The molecule has 3 aromatic carbocycles. The van der Waals surface area contributed by atoms with Crippen molar-refractivity contribution in [2.45, 2.75) is 38.8 Å². The first-order chi connectivity index (χ1) is 18.6. The maximum Gasteiger partial charge on any atom is 0.251 e. The second kappa shape index (κ2) is 14.2. The molecule has 0 aromatic heterocycles. The van der Waals surface area contributed by atoms with Gasteiger partial charge in [0.05, 0.1) is 20.3 Å². The fourth-order valence-electron chi connectivity index (χ4n) is 4.53. The first-order valence-electron chi connectivity index (χ1n) is 13.3. The van der Waals surface area contributed by atoms with Crippen molar-refractivity contribution in [1.29, 1.82) is 0 Å². The summed E-state index contributed by atoms with van der Waals surface area (Å²) < 4.78 is 11.5. The number of nitrogens with one attached hydrogen (secondary N) is 2. The van der Waals surface area contributed by atoms with E-state index in [2.05, 4.69) is 27.7 Å². The number of amides is 2. The van der Waals surface area contributed by atoms with Crippen molar-refractivity contribution in [3.05, 3.63) is 95.1 Å². The Balaban J connectivity index is 1.47. The van der Waals surface area contributed by atoms with Crippen LogP contribution in [0.5, 0.6) is 11.5 Å². The maximum atomic E-state index is 13.0. The Bertz CT molecular complexity index is 1200. The summed E-state index contributed by atoms with van der Waals surface area (Å²) in [6.07, 6.45) is 3.48. The van der Waals surface area contributed by atoms with Crippen molar-refractivity contribution >= 4 is 11.8 Å². The number of carbonyl (C=O) groups excluding carboxylic acids is 2. The molecule has 7 nitrogen and oxygen atoms in total. The van der Waals surface area contributed by atoms with Gasteiger partial charge in [-0.15, -0.1) is 0 Å². The van der Waals surface area contributed by atoms with Crippen LogP contribution in [0.4, 0.5) is 0 Å². The van der Waals surface area contributed by atoms with Crippen LogP contribution < -0.4 is 20.1 Å². The van der Waals surface area contributed by atoms with Gasteiger partial charge in [-0.25, -0.2) is 0 Å². The molecule has 0 unspecified atom stereocenters. The highest BCUT2D eigenvalue weighted by Gasteiger charge is 2.17. The van der Waals surface area contributed by atoms with Gasteiger partial charge in [0.25, 0.3) is 5.91 Å². The molecule has 1 heterocycles. The Hall–Kier alpha value is -3.84. The van der Waals surface area contributed by atoms with Crippen LogP contribution in [0.2, 0.25) is 0 Å². The molecule has 4 rings (SSSR count). The summed E-state index contributed by atoms with van der Waals surface area (Å²) in [5, 5.41) is 6.06. The molecule has 1 aliphatic rings.